The summed E-state index contributed by atoms with van der Waals surface area (Å²) < 4.78 is 0. The fourth-order valence-corrected chi connectivity index (χ4v) is 5.55. The van der Waals surface area contributed by atoms with E-state index in [1.165, 1.54) is 38.5 Å². The maximum Gasteiger partial charge on any atom is 0.0797 e. The Kier molecular flexibility index (Phi) is 4.39. The second-order valence-electron chi connectivity index (χ2n) is 9.70. The van der Waals surface area contributed by atoms with Crippen LogP contribution in [0.3, 0.4) is 0 Å². The fourth-order valence-electron chi connectivity index (χ4n) is 5.55. The highest BCUT2D eigenvalue weighted by Crippen LogP contribution is 2.63. The number of rotatable bonds is 4. The zero-order valence-electron chi connectivity index (χ0n) is 15.0. The SMILES string of the molecule is C=C[C@](C)(O)CC[C@]12CCCC(C)(C)[C@@H]1CCC(C)(C)C2. The first-order chi connectivity index (χ1) is 9.52. The maximum atomic E-state index is 10.4. The van der Waals surface area contributed by atoms with E-state index >= 15 is 0 Å². The van der Waals surface area contributed by atoms with Crippen LogP contribution in [0.2, 0.25) is 0 Å². The standard InChI is InChI=1S/C20H36O/c1-7-19(6,21)13-14-20-11-8-10-18(4,5)16(20)9-12-17(2,3)15-20/h7,16,21H,1,8-15H2,2-6H3/t16-,19-,20-/m0/s1. The van der Waals surface area contributed by atoms with Crippen molar-refractivity contribution in [2.24, 2.45) is 22.2 Å². The highest BCUT2D eigenvalue weighted by molar-refractivity contribution is 5.05. The van der Waals surface area contributed by atoms with Crippen molar-refractivity contribution in [2.75, 3.05) is 0 Å². The lowest BCUT2D eigenvalue weighted by molar-refractivity contribution is -0.0945. The van der Waals surface area contributed by atoms with Crippen LogP contribution in [-0.2, 0) is 0 Å². The lowest BCUT2D eigenvalue weighted by Crippen LogP contribution is -2.50. The first kappa shape index (κ1) is 17.1. The van der Waals surface area contributed by atoms with Gasteiger partial charge in [0.1, 0.15) is 0 Å². The fraction of sp³-hybridized carbons (Fsp3) is 0.900. The second kappa shape index (κ2) is 5.41. The first-order valence-corrected chi connectivity index (χ1v) is 8.88. The van der Waals surface area contributed by atoms with Gasteiger partial charge in [-0.2, -0.15) is 0 Å². The molecular weight excluding hydrogens is 256 g/mol. The van der Waals surface area contributed by atoms with Gasteiger partial charge < -0.3 is 5.11 Å². The average molecular weight is 293 g/mol. The van der Waals surface area contributed by atoms with Crippen molar-refractivity contribution >= 4 is 0 Å². The largest absolute Gasteiger partial charge is 0.386 e. The monoisotopic (exact) mass is 292 g/mol. The van der Waals surface area contributed by atoms with E-state index < -0.39 is 5.60 Å². The highest BCUT2D eigenvalue weighted by atomic mass is 16.3. The smallest absolute Gasteiger partial charge is 0.0797 e. The minimum atomic E-state index is -0.706. The van der Waals surface area contributed by atoms with Crippen molar-refractivity contribution in [1.82, 2.24) is 0 Å². The van der Waals surface area contributed by atoms with E-state index in [1.54, 1.807) is 6.08 Å². The van der Waals surface area contributed by atoms with E-state index in [2.05, 4.69) is 34.3 Å². The molecule has 122 valence electrons. The summed E-state index contributed by atoms with van der Waals surface area (Å²) in [4.78, 5) is 0. The summed E-state index contributed by atoms with van der Waals surface area (Å²) in [5.41, 5.74) is 0.664. The summed E-state index contributed by atoms with van der Waals surface area (Å²) in [5, 5.41) is 10.4. The molecule has 0 radical (unpaired) electrons. The van der Waals surface area contributed by atoms with Gasteiger partial charge in [0.25, 0.3) is 0 Å². The molecule has 2 rings (SSSR count). The minimum absolute atomic E-state index is 0.441. The molecule has 2 aliphatic rings. The summed E-state index contributed by atoms with van der Waals surface area (Å²) in [6, 6.07) is 0. The Morgan fingerprint density at radius 3 is 2.48 bits per heavy atom. The minimum Gasteiger partial charge on any atom is -0.386 e. The van der Waals surface area contributed by atoms with Crippen LogP contribution in [0.5, 0.6) is 0 Å². The van der Waals surface area contributed by atoms with E-state index in [9.17, 15) is 5.11 Å². The third-order valence-electron chi connectivity index (χ3n) is 6.69. The van der Waals surface area contributed by atoms with E-state index in [1.807, 2.05) is 6.92 Å². The molecule has 1 nitrogen and oxygen atoms in total. The lowest BCUT2D eigenvalue weighted by Gasteiger charge is -2.59. The van der Waals surface area contributed by atoms with Crippen LogP contribution in [0.25, 0.3) is 0 Å². The number of hydrogen-bond donors (Lipinski definition) is 1. The summed E-state index contributed by atoms with van der Waals surface area (Å²) in [6.07, 6.45) is 11.9. The Hall–Kier alpha value is -0.300. The van der Waals surface area contributed by atoms with Gasteiger partial charge in [0.2, 0.25) is 0 Å². The molecule has 1 N–H and O–H groups in total. The molecule has 2 fully saturated rings. The Balaban J connectivity index is 2.25. The van der Waals surface area contributed by atoms with Gasteiger partial charge in [-0.05, 0) is 74.0 Å². The molecule has 0 aromatic heterocycles. The van der Waals surface area contributed by atoms with Crippen LogP contribution in [0, 0.1) is 22.2 Å². The normalized spacial score (nSPS) is 37.3. The average Bonchev–Trinajstić information content (AvgIpc) is 2.34. The predicted molar refractivity (Wildman–Crippen MR) is 91.2 cm³/mol. The molecule has 0 spiro atoms. The third-order valence-corrected chi connectivity index (χ3v) is 6.69. The van der Waals surface area contributed by atoms with Crippen LogP contribution in [0.15, 0.2) is 12.7 Å². The first-order valence-electron chi connectivity index (χ1n) is 8.88. The van der Waals surface area contributed by atoms with Gasteiger partial charge in [0.15, 0.2) is 0 Å². The van der Waals surface area contributed by atoms with Crippen LogP contribution in [0.1, 0.15) is 86.0 Å². The van der Waals surface area contributed by atoms with Gasteiger partial charge >= 0.3 is 0 Å². The molecule has 2 saturated carbocycles. The van der Waals surface area contributed by atoms with Gasteiger partial charge in [0.05, 0.1) is 5.60 Å². The molecule has 0 amide bonds. The zero-order chi connectivity index (χ0) is 15.9. The summed E-state index contributed by atoms with van der Waals surface area (Å²) in [7, 11) is 0. The molecule has 0 heterocycles. The maximum absolute atomic E-state index is 10.4. The van der Waals surface area contributed by atoms with Crippen molar-refractivity contribution in [3.8, 4) is 0 Å². The molecule has 0 saturated heterocycles. The van der Waals surface area contributed by atoms with Crippen LogP contribution in [-0.4, -0.2) is 10.7 Å². The summed E-state index contributed by atoms with van der Waals surface area (Å²) in [6.45, 7) is 15.6. The molecule has 0 aromatic rings. The number of hydrogen-bond acceptors (Lipinski definition) is 1. The summed E-state index contributed by atoms with van der Waals surface area (Å²) in [5.74, 6) is 0.826. The van der Waals surface area contributed by atoms with Gasteiger partial charge in [0, 0.05) is 0 Å². The molecule has 1 heteroatoms. The molecule has 3 atom stereocenters. The molecular formula is C20H36O. The predicted octanol–water partition coefficient (Wildman–Crippen LogP) is 5.73. The van der Waals surface area contributed by atoms with Crippen molar-refractivity contribution in [1.29, 1.82) is 0 Å². The Morgan fingerprint density at radius 1 is 1.19 bits per heavy atom. The van der Waals surface area contributed by atoms with Gasteiger partial charge in [-0.3, -0.25) is 0 Å². The zero-order valence-corrected chi connectivity index (χ0v) is 15.0. The Morgan fingerprint density at radius 2 is 1.86 bits per heavy atom. The number of fused-ring (bicyclic) bond motifs is 1. The van der Waals surface area contributed by atoms with E-state index in [4.69, 9.17) is 0 Å². The Labute approximate surface area is 132 Å². The molecule has 0 aromatic carbocycles. The van der Waals surface area contributed by atoms with Crippen LogP contribution < -0.4 is 0 Å². The van der Waals surface area contributed by atoms with Crippen LogP contribution in [0.4, 0.5) is 0 Å². The lowest BCUT2D eigenvalue weighted by atomic mass is 9.46. The van der Waals surface area contributed by atoms with Gasteiger partial charge in [-0.25, -0.2) is 0 Å². The van der Waals surface area contributed by atoms with Crippen molar-refractivity contribution in [3.63, 3.8) is 0 Å². The van der Waals surface area contributed by atoms with Crippen molar-refractivity contribution in [2.45, 2.75) is 91.6 Å². The van der Waals surface area contributed by atoms with Crippen molar-refractivity contribution in [3.05, 3.63) is 12.7 Å². The topological polar surface area (TPSA) is 20.2 Å². The van der Waals surface area contributed by atoms with Gasteiger partial charge in [-0.1, -0.05) is 40.2 Å². The molecule has 2 aliphatic carbocycles. The van der Waals surface area contributed by atoms with Crippen molar-refractivity contribution < 1.29 is 5.11 Å². The highest BCUT2D eigenvalue weighted by Gasteiger charge is 2.53. The third kappa shape index (κ3) is 3.55. The van der Waals surface area contributed by atoms with Gasteiger partial charge in [-0.15, -0.1) is 6.58 Å². The van der Waals surface area contributed by atoms with E-state index in [0.717, 1.165) is 18.8 Å². The molecule has 0 bridgehead atoms. The van der Waals surface area contributed by atoms with E-state index in [-0.39, 0.29) is 0 Å². The number of aliphatic hydroxyl groups is 1. The van der Waals surface area contributed by atoms with Crippen LogP contribution >= 0.6 is 0 Å². The Bertz CT molecular complexity index is 391. The molecule has 0 unspecified atom stereocenters. The quantitative estimate of drug-likeness (QED) is 0.656. The molecule has 0 aliphatic heterocycles. The molecule has 21 heavy (non-hydrogen) atoms. The van der Waals surface area contributed by atoms with E-state index in [0.29, 0.717) is 16.2 Å². The summed E-state index contributed by atoms with van der Waals surface area (Å²) >= 11 is 0. The second-order valence-corrected chi connectivity index (χ2v) is 9.70.